The number of hydrogen-bond acceptors (Lipinski definition) is 6. The van der Waals surface area contributed by atoms with Gasteiger partial charge in [0, 0.05) is 66.0 Å². The van der Waals surface area contributed by atoms with Crippen LogP contribution in [0, 0.1) is 0 Å². The van der Waals surface area contributed by atoms with Crippen molar-refractivity contribution in [2.45, 2.75) is 36.6 Å². The van der Waals surface area contributed by atoms with Crippen molar-refractivity contribution in [3.63, 3.8) is 0 Å². The van der Waals surface area contributed by atoms with Crippen LogP contribution in [0.1, 0.15) is 29.7 Å². The molecule has 2 atom stereocenters. The number of aliphatic hydroxyl groups excluding tert-OH is 1. The van der Waals surface area contributed by atoms with Gasteiger partial charge in [0.2, 0.25) is 5.91 Å². The summed E-state index contributed by atoms with van der Waals surface area (Å²) in [6.07, 6.45) is -3.73. The summed E-state index contributed by atoms with van der Waals surface area (Å²) in [7, 11) is 3.58. The number of pyridine rings is 1. The third kappa shape index (κ3) is 6.87. The van der Waals surface area contributed by atoms with Gasteiger partial charge in [-0.3, -0.25) is 14.6 Å². The van der Waals surface area contributed by atoms with Gasteiger partial charge in [0.05, 0.1) is 6.10 Å². The SMILES string of the molecule is CN(C)C(=O)C(CCN1C[C@H](O)C[C@H]1CN1CCN(c2cccc(C(F)(F)F)n2)CC1)(c1ccccc1)c1ccccc1. The second kappa shape index (κ2) is 13.0. The number of carbonyl (C=O) groups is 1. The number of anilines is 1. The molecule has 0 bridgehead atoms. The third-order valence-corrected chi connectivity index (χ3v) is 8.77. The number of carbonyl (C=O) groups excluding carboxylic acids is 1. The minimum Gasteiger partial charge on any atom is -0.392 e. The van der Waals surface area contributed by atoms with Crippen molar-refractivity contribution < 1.29 is 23.1 Å². The number of aliphatic hydroxyl groups is 1. The smallest absolute Gasteiger partial charge is 0.392 e. The molecule has 0 spiro atoms. The van der Waals surface area contributed by atoms with Crippen LogP contribution in [0.4, 0.5) is 19.0 Å². The first-order chi connectivity index (χ1) is 20.6. The molecule has 3 aromatic rings. The van der Waals surface area contributed by atoms with E-state index in [1.165, 1.54) is 6.07 Å². The molecular weight excluding hydrogens is 555 g/mol. The number of nitrogens with zero attached hydrogens (tertiary/aromatic N) is 5. The van der Waals surface area contributed by atoms with Gasteiger partial charge in [0.1, 0.15) is 16.9 Å². The highest BCUT2D eigenvalue weighted by Crippen LogP contribution is 2.38. The molecule has 1 aromatic heterocycles. The Kier molecular flexibility index (Phi) is 9.39. The summed E-state index contributed by atoms with van der Waals surface area (Å²) in [5.41, 5.74) is 0.122. The van der Waals surface area contributed by atoms with Crippen LogP contribution in [-0.2, 0) is 16.4 Å². The first kappa shape index (κ1) is 31.0. The van der Waals surface area contributed by atoms with E-state index in [9.17, 15) is 23.1 Å². The van der Waals surface area contributed by atoms with E-state index < -0.39 is 23.4 Å². The number of halogens is 3. The number of β-amino-alcohol motifs (C(OH)–C–C–N with tert-alkyl or cyclic N) is 1. The van der Waals surface area contributed by atoms with Gasteiger partial charge < -0.3 is 14.9 Å². The quantitative estimate of drug-likeness (QED) is 0.402. The fourth-order valence-electron chi connectivity index (χ4n) is 6.58. The Bertz CT molecular complexity index is 1310. The van der Waals surface area contributed by atoms with Crippen molar-refractivity contribution in [3.8, 4) is 0 Å². The molecule has 0 saturated carbocycles. The second-order valence-electron chi connectivity index (χ2n) is 11.8. The van der Waals surface area contributed by atoms with Crippen LogP contribution >= 0.6 is 0 Å². The van der Waals surface area contributed by atoms with Crippen molar-refractivity contribution in [3.05, 3.63) is 95.7 Å². The molecule has 2 fully saturated rings. The molecular formula is C33H40F3N5O2. The molecule has 2 aromatic carbocycles. The molecule has 1 N–H and O–H groups in total. The van der Waals surface area contributed by atoms with Crippen LogP contribution in [0.2, 0.25) is 0 Å². The van der Waals surface area contributed by atoms with Gasteiger partial charge in [-0.25, -0.2) is 4.98 Å². The summed E-state index contributed by atoms with van der Waals surface area (Å²) in [4.78, 5) is 26.1. The van der Waals surface area contributed by atoms with E-state index in [2.05, 4.69) is 14.8 Å². The maximum Gasteiger partial charge on any atom is 0.433 e. The van der Waals surface area contributed by atoms with Gasteiger partial charge in [-0.15, -0.1) is 0 Å². The number of aromatic nitrogens is 1. The molecule has 2 aliphatic heterocycles. The van der Waals surface area contributed by atoms with Crippen LogP contribution < -0.4 is 4.90 Å². The Morgan fingerprint density at radius 1 is 0.907 bits per heavy atom. The summed E-state index contributed by atoms with van der Waals surface area (Å²) in [5.74, 6) is 0.358. The monoisotopic (exact) mass is 595 g/mol. The van der Waals surface area contributed by atoms with Crippen molar-refractivity contribution in [1.82, 2.24) is 19.7 Å². The van der Waals surface area contributed by atoms with Crippen LogP contribution in [-0.4, -0.2) is 103 Å². The lowest BCUT2D eigenvalue weighted by Gasteiger charge is -2.40. The number of rotatable bonds is 9. The van der Waals surface area contributed by atoms with Gasteiger partial charge in [0.15, 0.2) is 0 Å². The molecule has 3 heterocycles. The number of amides is 1. The molecule has 0 unspecified atom stereocenters. The molecule has 7 nitrogen and oxygen atoms in total. The third-order valence-electron chi connectivity index (χ3n) is 8.77. The van der Waals surface area contributed by atoms with Gasteiger partial charge >= 0.3 is 6.18 Å². The summed E-state index contributed by atoms with van der Waals surface area (Å²) in [6.45, 7) is 4.43. The van der Waals surface area contributed by atoms with E-state index in [-0.39, 0.29) is 11.9 Å². The second-order valence-corrected chi connectivity index (χ2v) is 11.8. The van der Waals surface area contributed by atoms with Crippen LogP contribution in [0.3, 0.4) is 0 Å². The number of likely N-dealkylation sites (tertiary alicyclic amines) is 1. The number of alkyl halides is 3. The molecule has 230 valence electrons. The lowest BCUT2D eigenvalue weighted by Crippen LogP contribution is -2.51. The van der Waals surface area contributed by atoms with E-state index in [0.29, 0.717) is 57.9 Å². The Hall–Kier alpha value is -3.47. The van der Waals surface area contributed by atoms with Gasteiger partial charge in [-0.2, -0.15) is 13.2 Å². The molecule has 0 aliphatic carbocycles. The lowest BCUT2D eigenvalue weighted by atomic mass is 9.70. The van der Waals surface area contributed by atoms with Crippen molar-refractivity contribution in [2.75, 3.05) is 64.8 Å². The number of likely N-dealkylation sites (N-methyl/N-ethyl adjacent to an activating group) is 1. The van der Waals surface area contributed by atoms with Gasteiger partial charge in [-0.05, 0) is 36.1 Å². The zero-order valence-electron chi connectivity index (χ0n) is 24.7. The number of hydrogen-bond donors (Lipinski definition) is 1. The van der Waals surface area contributed by atoms with Crippen LogP contribution in [0.5, 0.6) is 0 Å². The van der Waals surface area contributed by atoms with Crippen LogP contribution in [0.25, 0.3) is 0 Å². The summed E-state index contributed by atoms with van der Waals surface area (Å²) in [5, 5.41) is 10.7. The molecule has 0 radical (unpaired) electrons. The Morgan fingerprint density at radius 2 is 1.51 bits per heavy atom. The summed E-state index contributed by atoms with van der Waals surface area (Å²) >= 11 is 0. The van der Waals surface area contributed by atoms with E-state index in [1.807, 2.05) is 65.6 Å². The Balaban J connectivity index is 1.29. The number of piperazine rings is 1. The molecule has 5 rings (SSSR count). The molecule has 10 heteroatoms. The fourth-order valence-corrected chi connectivity index (χ4v) is 6.58. The largest absolute Gasteiger partial charge is 0.433 e. The predicted molar refractivity (Wildman–Crippen MR) is 161 cm³/mol. The minimum absolute atomic E-state index is 0.0144. The van der Waals surface area contributed by atoms with Crippen molar-refractivity contribution in [1.29, 1.82) is 0 Å². The molecule has 2 saturated heterocycles. The van der Waals surface area contributed by atoms with Crippen molar-refractivity contribution in [2.24, 2.45) is 0 Å². The normalized spacial score (nSPS) is 20.4. The highest BCUT2D eigenvalue weighted by atomic mass is 19.4. The van der Waals surface area contributed by atoms with Gasteiger partial charge in [0.25, 0.3) is 0 Å². The maximum atomic E-state index is 14.0. The highest BCUT2D eigenvalue weighted by molar-refractivity contribution is 5.92. The van der Waals surface area contributed by atoms with E-state index in [0.717, 1.165) is 23.7 Å². The van der Waals surface area contributed by atoms with Crippen LogP contribution in [0.15, 0.2) is 78.9 Å². The predicted octanol–water partition coefficient (Wildman–Crippen LogP) is 4.12. The average Bonchev–Trinajstić information content (AvgIpc) is 3.36. The highest BCUT2D eigenvalue weighted by Gasteiger charge is 2.44. The minimum atomic E-state index is -4.47. The summed E-state index contributed by atoms with van der Waals surface area (Å²) in [6, 6.07) is 24.0. The molecule has 1 amide bonds. The Morgan fingerprint density at radius 3 is 2.07 bits per heavy atom. The zero-order chi connectivity index (χ0) is 30.6. The topological polar surface area (TPSA) is 63.2 Å². The van der Waals surface area contributed by atoms with Gasteiger partial charge in [-0.1, -0.05) is 66.7 Å². The molecule has 2 aliphatic rings. The van der Waals surface area contributed by atoms with E-state index in [1.54, 1.807) is 25.1 Å². The fraction of sp³-hybridized carbons (Fsp3) is 0.455. The molecule has 43 heavy (non-hydrogen) atoms. The zero-order valence-corrected chi connectivity index (χ0v) is 24.7. The lowest BCUT2D eigenvalue weighted by molar-refractivity contribution is -0.141. The van der Waals surface area contributed by atoms with E-state index in [4.69, 9.17) is 0 Å². The standard InChI is InChI=1S/C33H40F3N5O2/c1-38(2)31(43)32(25-10-5-3-6-11-25,26-12-7-4-8-13-26)16-17-41-24-28(42)22-27(41)23-39-18-20-40(21-19-39)30-15-9-14-29(37-30)33(34,35)36/h3-15,27-28,42H,16-24H2,1-2H3/t27-,28+/m0/s1. The van der Waals surface area contributed by atoms with E-state index >= 15 is 0 Å². The number of benzene rings is 2. The first-order valence-electron chi connectivity index (χ1n) is 14.8. The average molecular weight is 596 g/mol. The maximum absolute atomic E-state index is 14.0. The Labute approximate surface area is 251 Å². The summed E-state index contributed by atoms with van der Waals surface area (Å²) < 4.78 is 39.5. The first-order valence-corrected chi connectivity index (χ1v) is 14.8. The van der Waals surface area contributed by atoms with Crippen molar-refractivity contribution >= 4 is 11.7 Å².